The van der Waals surface area contributed by atoms with E-state index in [1.54, 1.807) is 6.07 Å². The molecule has 0 amide bonds. The molecule has 196 valence electrons. The lowest BCUT2D eigenvalue weighted by atomic mass is 9.72. The lowest BCUT2D eigenvalue weighted by Crippen LogP contribution is -2.49. The maximum atomic E-state index is 14.0. The van der Waals surface area contributed by atoms with E-state index < -0.39 is 0 Å². The van der Waals surface area contributed by atoms with Gasteiger partial charge in [0, 0.05) is 24.0 Å². The van der Waals surface area contributed by atoms with Gasteiger partial charge in [-0.2, -0.15) is 5.26 Å². The standard InChI is InChI=1S/C32H41FN4/c1-22(2)37-14-10-25(11-15-37)21-35-24(4)32(36-29-8-9-30(33)23(3)16-29)13-12-31(18-28(31)19-32)27-7-5-6-26(17-27)20-34/h5-9,16-17,22,25,28,35-36H,4,10-15,18-19,21H2,1-3H3. The normalized spacial score (nSPS) is 27.8. The van der Waals surface area contributed by atoms with E-state index in [1.807, 2.05) is 31.2 Å². The van der Waals surface area contributed by atoms with Gasteiger partial charge in [0.05, 0.1) is 17.2 Å². The van der Waals surface area contributed by atoms with Crippen LogP contribution in [0.3, 0.4) is 0 Å². The molecule has 4 nitrogen and oxygen atoms in total. The number of nitrogens with zero attached hydrogens (tertiary/aromatic N) is 2. The maximum Gasteiger partial charge on any atom is 0.126 e. The van der Waals surface area contributed by atoms with Gasteiger partial charge in [-0.1, -0.05) is 18.7 Å². The van der Waals surface area contributed by atoms with Gasteiger partial charge in [-0.25, -0.2) is 4.39 Å². The monoisotopic (exact) mass is 500 g/mol. The Morgan fingerprint density at radius 2 is 1.95 bits per heavy atom. The number of hydrogen-bond donors (Lipinski definition) is 2. The van der Waals surface area contributed by atoms with Crippen LogP contribution in [0.25, 0.3) is 0 Å². The van der Waals surface area contributed by atoms with Gasteiger partial charge < -0.3 is 15.5 Å². The molecule has 2 N–H and O–H groups in total. The Labute approximate surface area is 221 Å². The molecule has 37 heavy (non-hydrogen) atoms. The van der Waals surface area contributed by atoms with Crippen molar-refractivity contribution in [3.63, 3.8) is 0 Å². The Morgan fingerprint density at radius 3 is 2.62 bits per heavy atom. The van der Waals surface area contributed by atoms with Gasteiger partial charge in [-0.15, -0.1) is 0 Å². The number of halogens is 1. The molecule has 0 radical (unpaired) electrons. The Bertz CT molecular complexity index is 1190. The van der Waals surface area contributed by atoms with Crippen molar-refractivity contribution >= 4 is 5.69 Å². The quantitative estimate of drug-likeness (QED) is 0.433. The Hall–Kier alpha value is -2.84. The van der Waals surface area contributed by atoms with Gasteiger partial charge in [0.1, 0.15) is 5.82 Å². The zero-order valence-electron chi connectivity index (χ0n) is 22.6. The number of rotatable bonds is 8. The fraction of sp³-hybridized carbons (Fsp3) is 0.531. The van der Waals surface area contributed by atoms with Crippen molar-refractivity contribution in [3.8, 4) is 6.07 Å². The van der Waals surface area contributed by atoms with Crippen molar-refractivity contribution in [2.45, 2.75) is 76.3 Å². The predicted molar refractivity (Wildman–Crippen MR) is 149 cm³/mol. The Balaban J connectivity index is 1.32. The molecule has 3 atom stereocenters. The molecule has 0 spiro atoms. The second kappa shape index (κ2) is 10.1. The van der Waals surface area contributed by atoms with Crippen LogP contribution in [0.2, 0.25) is 0 Å². The number of nitriles is 1. The van der Waals surface area contributed by atoms with E-state index in [4.69, 9.17) is 0 Å². The smallest absolute Gasteiger partial charge is 0.126 e. The lowest BCUT2D eigenvalue weighted by Gasteiger charge is -2.44. The Kier molecular flexibility index (Phi) is 7.07. The second-order valence-corrected chi connectivity index (χ2v) is 12.1. The zero-order valence-corrected chi connectivity index (χ0v) is 22.6. The molecule has 2 saturated carbocycles. The number of nitrogens with one attached hydrogen (secondary N) is 2. The van der Waals surface area contributed by atoms with E-state index >= 15 is 0 Å². The number of piperidine rings is 1. The van der Waals surface area contributed by atoms with Crippen LogP contribution < -0.4 is 10.6 Å². The van der Waals surface area contributed by atoms with E-state index in [-0.39, 0.29) is 16.8 Å². The lowest BCUT2D eigenvalue weighted by molar-refractivity contribution is 0.148. The number of likely N-dealkylation sites (tertiary alicyclic amines) is 1. The first kappa shape index (κ1) is 25.8. The highest BCUT2D eigenvalue weighted by Crippen LogP contribution is 2.65. The topological polar surface area (TPSA) is 51.1 Å². The van der Waals surface area contributed by atoms with E-state index in [1.165, 1.54) is 31.5 Å². The molecule has 2 aliphatic carbocycles. The van der Waals surface area contributed by atoms with Crippen LogP contribution in [0.15, 0.2) is 54.7 Å². The largest absolute Gasteiger partial charge is 0.387 e. The first-order valence-electron chi connectivity index (χ1n) is 14.0. The van der Waals surface area contributed by atoms with Crippen LogP contribution in [0.5, 0.6) is 0 Å². The van der Waals surface area contributed by atoms with Gasteiger partial charge in [-0.3, -0.25) is 0 Å². The third-order valence-corrected chi connectivity index (χ3v) is 9.49. The van der Waals surface area contributed by atoms with Crippen LogP contribution in [-0.2, 0) is 5.41 Å². The average molecular weight is 501 g/mol. The SMILES string of the molecule is C=C(NCC1CCN(C(C)C)CC1)C1(Nc2ccc(F)c(C)c2)CCC2(c3cccc(C#N)c3)CC2C1. The summed E-state index contributed by atoms with van der Waals surface area (Å²) in [4.78, 5) is 2.57. The summed E-state index contributed by atoms with van der Waals surface area (Å²) in [7, 11) is 0. The molecule has 3 fully saturated rings. The molecule has 5 rings (SSSR count). The molecule has 0 aromatic heterocycles. The number of aryl methyl sites for hydroxylation is 1. The third-order valence-electron chi connectivity index (χ3n) is 9.49. The molecule has 5 heteroatoms. The summed E-state index contributed by atoms with van der Waals surface area (Å²) in [6.45, 7) is 14.3. The molecule has 1 heterocycles. The fourth-order valence-electron chi connectivity index (χ4n) is 6.88. The van der Waals surface area contributed by atoms with Gasteiger partial charge in [-0.05, 0) is 131 Å². The van der Waals surface area contributed by atoms with Crippen molar-refractivity contribution in [2.75, 3.05) is 25.0 Å². The van der Waals surface area contributed by atoms with Gasteiger partial charge >= 0.3 is 0 Å². The summed E-state index contributed by atoms with van der Waals surface area (Å²) < 4.78 is 14.0. The molecular formula is C32H41FN4. The minimum absolute atomic E-state index is 0.167. The summed E-state index contributed by atoms with van der Waals surface area (Å²) in [5, 5.41) is 17.0. The van der Waals surface area contributed by atoms with Gasteiger partial charge in [0.25, 0.3) is 0 Å². The maximum absolute atomic E-state index is 14.0. The molecule has 1 saturated heterocycles. The van der Waals surface area contributed by atoms with Crippen LogP contribution in [0.4, 0.5) is 10.1 Å². The van der Waals surface area contributed by atoms with Crippen molar-refractivity contribution in [1.82, 2.24) is 10.2 Å². The summed E-state index contributed by atoms with van der Waals surface area (Å²) >= 11 is 0. The first-order valence-corrected chi connectivity index (χ1v) is 14.0. The molecule has 3 unspecified atom stereocenters. The molecule has 0 bridgehead atoms. The minimum Gasteiger partial charge on any atom is -0.387 e. The van der Waals surface area contributed by atoms with Gasteiger partial charge in [0.15, 0.2) is 0 Å². The van der Waals surface area contributed by atoms with Gasteiger partial charge in [0.2, 0.25) is 0 Å². The van der Waals surface area contributed by atoms with E-state index in [0.29, 0.717) is 23.4 Å². The van der Waals surface area contributed by atoms with Crippen molar-refractivity contribution in [2.24, 2.45) is 11.8 Å². The summed E-state index contributed by atoms with van der Waals surface area (Å²) in [5.74, 6) is 1.03. The van der Waals surface area contributed by atoms with Crippen LogP contribution in [-0.4, -0.2) is 36.1 Å². The predicted octanol–water partition coefficient (Wildman–Crippen LogP) is 6.52. The molecule has 2 aromatic carbocycles. The zero-order chi connectivity index (χ0) is 26.2. The highest BCUT2D eigenvalue weighted by Gasteiger charge is 2.61. The second-order valence-electron chi connectivity index (χ2n) is 12.1. The van der Waals surface area contributed by atoms with Crippen LogP contribution in [0.1, 0.15) is 69.1 Å². The highest BCUT2D eigenvalue weighted by atomic mass is 19.1. The Morgan fingerprint density at radius 1 is 1.16 bits per heavy atom. The van der Waals surface area contributed by atoms with Crippen molar-refractivity contribution in [1.29, 1.82) is 5.26 Å². The molecule has 1 aliphatic heterocycles. The number of anilines is 1. The molecule has 3 aliphatic rings. The molecule has 2 aromatic rings. The average Bonchev–Trinajstić information content (AvgIpc) is 3.64. The number of hydrogen-bond acceptors (Lipinski definition) is 4. The third kappa shape index (κ3) is 5.14. The van der Waals surface area contributed by atoms with E-state index in [0.717, 1.165) is 49.2 Å². The van der Waals surface area contributed by atoms with E-state index in [2.05, 4.69) is 54.2 Å². The number of benzene rings is 2. The summed E-state index contributed by atoms with van der Waals surface area (Å²) in [5.41, 5.74) is 4.60. The van der Waals surface area contributed by atoms with Crippen molar-refractivity contribution < 1.29 is 4.39 Å². The van der Waals surface area contributed by atoms with Crippen LogP contribution >= 0.6 is 0 Å². The highest BCUT2D eigenvalue weighted by molar-refractivity contribution is 5.52. The fourth-order valence-corrected chi connectivity index (χ4v) is 6.88. The molecular weight excluding hydrogens is 459 g/mol. The van der Waals surface area contributed by atoms with Crippen molar-refractivity contribution in [3.05, 3.63) is 77.2 Å². The van der Waals surface area contributed by atoms with E-state index in [9.17, 15) is 9.65 Å². The minimum atomic E-state index is -0.277. The number of fused-ring (bicyclic) bond motifs is 1. The summed E-state index contributed by atoms with van der Waals surface area (Å²) in [6.07, 6.45) is 6.57. The first-order chi connectivity index (χ1) is 17.7. The summed E-state index contributed by atoms with van der Waals surface area (Å²) in [6, 6.07) is 16.4. The van der Waals surface area contributed by atoms with Crippen LogP contribution in [0, 0.1) is 35.9 Å².